The van der Waals surface area contributed by atoms with Crippen molar-refractivity contribution in [3.8, 4) is 17.2 Å². The fourth-order valence-corrected chi connectivity index (χ4v) is 5.84. The molecule has 0 spiro atoms. The molecule has 1 N–H and O–H groups in total. The Morgan fingerprint density at radius 2 is 1.77 bits per heavy atom. The maximum atomic E-state index is 13.3. The summed E-state index contributed by atoms with van der Waals surface area (Å²) in [6.45, 7) is 0.994. The van der Waals surface area contributed by atoms with Gasteiger partial charge in [0.15, 0.2) is 11.5 Å². The van der Waals surface area contributed by atoms with E-state index in [1.54, 1.807) is 0 Å². The number of aliphatic hydroxyl groups is 1. The molecule has 2 aromatic carbocycles. The number of carbonyl (C=O) groups excluding carboxylic acids is 1. The molecule has 4 heterocycles. The zero-order valence-electron chi connectivity index (χ0n) is 17.5. The molecule has 4 aliphatic rings. The van der Waals surface area contributed by atoms with Crippen molar-refractivity contribution < 1.29 is 24.1 Å². The van der Waals surface area contributed by atoms with E-state index in [2.05, 4.69) is 11.0 Å². The lowest BCUT2D eigenvalue weighted by Crippen LogP contribution is -2.52. The minimum Gasteiger partial charge on any atom is -0.493 e. The zero-order valence-corrected chi connectivity index (χ0v) is 17.5. The molecular formula is C25H27NO5. The van der Waals surface area contributed by atoms with Crippen molar-refractivity contribution in [1.29, 1.82) is 0 Å². The third-order valence-corrected chi connectivity index (χ3v) is 7.29. The third-order valence-electron chi connectivity index (χ3n) is 7.29. The van der Waals surface area contributed by atoms with Gasteiger partial charge in [0, 0.05) is 24.9 Å². The average molecular weight is 421 g/mol. The average Bonchev–Trinajstić information content (AvgIpc) is 3.36. The number of aryl methyl sites for hydroxylation is 1. The van der Waals surface area contributed by atoms with Gasteiger partial charge in [-0.1, -0.05) is 18.2 Å². The molecule has 0 aromatic heterocycles. The molecule has 0 saturated carbocycles. The van der Waals surface area contributed by atoms with Crippen LogP contribution >= 0.6 is 0 Å². The maximum absolute atomic E-state index is 13.3. The first-order chi connectivity index (χ1) is 15.1. The zero-order chi connectivity index (χ0) is 21.0. The normalized spacial score (nSPS) is 28.2. The Kier molecular flexibility index (Phi) is 4.39. The second kappa shape index (κ2) is 7.16. The van der Waals surface area contributed by atoms with Gasteiger partial charge in [0.25, 0.3) is 0 Å². The van der Waals surface area contributed by atoms with Gasteiger partial charge < -0.3 is 24.2 Å². The smallest absolute Gasteiger partial charge is 0.231 e. The van der Waals surface area contributed by atoms with E-state index in [1.807, 2.05) is 30.3 Å². The van der Waals surface area contributed by atoms with Crippen LogP contribution in [0, 0.1) is 0 Å². The highest BCUT2D eigenvalue weighted by Crippen LogP contribution is 2.47. The van der Waals surface area contributed by atoms with Gasteiger partial charge >= 0.3 is 0 Å². The van der Waals surface area contributed by atoms with E-state index >= 15 is 0 Å². The van der Waals surface area contributed by atoms with Crippen molar-refractivity contribution in [3.63, 3.8) is 0 Å². The van der Waals surface area contributed by atoms with Gasteiger partial charge in [0.05, 0.1) is 18.6 Å². The molecule has 2 fully saturated rings. The van der Waals surface area contributed by atoms with E-state index in [-0.39, 0.29) is 24.8 Å². The molecule has 2 saturated heterocycles. The number of ether oxygens (including phenoxy) is 3. The summed E-state index contributed by atoms with van der Waals surface area (Å²) in [5.74, 6) is 2.53. The number of piperidine rings is 1. The molecule has 1 unspecified atom stereocenters. The summed E-state index contributed by atoms with van der Waals surface area (Å²) in [5.41, 5.74) is 2.17. The minimum atomic E-state index is -0.938. The van der Waals surface area contributed by atoms with E-state index in [9.17, 15) is 9.90 Å². The highest BCUT2D eigenvalue weighted by atomic mass is 16.7. The molecule has 6 nitrogen and oxygen atoms in total. The van der Waals surface area contributed by atoms with Gasteiger partial charge in [0.2, 0.25) is 12.7 Å². The van der Waals surface area contributed by atoms with Crippen molar-refractivity contribution in [2.75, 3.05) is 13.4 Å². The van der Waals surface area contributed by atoms with Crippen molar-refractivity contribution in [3.05, 3.63) is 53.1 Å². The quantitative estimate of drug-likeness (QED) is 0.824. The molecule has 0 radical (unpaired) electrons. The molecule has 0 aliphatic carbocycles. The van der Waals surface area contributed by atoms with Gasteiger partial charge in [-0.3, -0.25) is 4.79 Å². The Labute approximate surface area is 181 Å². The Bertz CT molecular complexity index is 1020. The molecule has 3 atom stereocenters. The Morgan fingerprint density at radius 3 is 2.61 bits per heavy atom. The van der Waals surface area contributed by atoms with Crippen LogP contribution in [0.5, 0.6) is 17.2 Å². The van der Waals surface area contributed by atoms with E-state index in [0.717, 1.165) is 54.9 Å². The van der Waals surface area contributed by atoms with Gasteiger partial charge in [-0.25, -0.2) is 0 Å². The molecule has 4 aliphatic heterocycles. The number of benzene rings is 2. The molecule has 2 aromatic rings. The summed E-state index contributed by atoms with van der Waals surface area (Å²) < 4.78 is 16.6. The lowest BCUT2D eigenvalue weighted by Gasteiger charge is -2.44. The van der Waals surface area contributed by atoms with Crippen LogP contribution < -0.4 is 14.2 Å². The summed E-state index contributed by atoms with van der Waals surface area (Å²) >= 11 is 0. The molecular weight excluding hydrogens is 394 g/mol. The van der Waals surface area contributed by atoms with Gasteiger partial charge in [-0.2, -0.15) is 0 Å². The summed E-state index contributed by atoms with van der Waals surface area (Å²) in [5, 5.41) is 11.5. The molecule has 6 heteroatoms. The Balaban J connectivity index is 1.19. The number of fused-ring (bicyclic) bond motifs is 4. The molecule has 1 amide bonds. The van der Waals surface area contributed by atoms with Gasteiger partial charge in [0.1, 0.15) is 5.75 Å². The topological polar surface area (TPSA) is 68.2 Å². The van der Waals surface area contributed by atoms with E-state index < -0.39 is 5.60 Å². The summed E-state index contributed by atoms with van der Waals surface area (Å²) in [6, 6.07) is 12.0. The molecule has 2 bridgehead atoms. The first-order valence-electron chi connectivity index (χ1n) is 11.3. The van der Waals surface area contributed by atoms with Gasteiger partial charge in [-0.05, 0) is 60.6 Å². The SMILES string of the molecule is O=C(Cc1ccc2c(c1)CCCO2)N1[C@@H]2CC[C@H]1CC(O)(c1ccc3c(c1)OCO3)C2. The number of amides is 1. The first-order valence-corrected chi connectivity index (χ1v) is 11.3. The van der Waals surface area contributed by atoms with E-state index in [0.29, 0.717) is 25.0 Å². The number of hydrogen-bond donors (Lipinski definition) is 1. The fourth-order valence-electron chi connectivity index (χ4n) is 5.84. The standard InChI is InChI=1S/C25H27NO5/c27-24(11-16-3-7-21-17(10-16)2-1-9-29-21)26-19-5-6-20(26)14-25(28,13-19)18-4-8-22-23(12-18)31-15-30-22/h3-4,7-8,10,12,19-20,28H,1-2,5-6,9,11,13-15H2/t19-,20+,25?. The number of hydrogen-bond acceptors (Lipinski definition) is 5. The molecule has 31 heavy (non-hydrogen) atoms. The second-order valence-electron chi connectivity index (χ2n) is 9.26. The minimum absolute atomic E-state index is 0.0719. The summed E-state index contributed by atoms with van der Waals surface area (Å²) in [6.07, 6.45) is 5.46. The molecule has 6 rings (SSSR count). The van der Waals surface area contributed by atoms with Crippen molar-refractivity contribution >= 4 is 5.91 Å². The monoisotopic (exact) mass is 421 g/mol. The summed E-state index contributed by atoms with van der Waals surface area (Å²) in [4.78, 5) is 15.3. The van der Waals surface area contributed by atoms with Gasteiger partial charge in [-0.15, -0.1) is 0 Å². The lowest BCUT2D eigenvalue weighted by molar-refractivity contribution is -0.141. The lowest BCUT2D eigenvalue weighted by atomic mass is 9.80. The van der Waals surface area contributed by atoms with E-state index in [1.165, 1.54) is 5.56 Å². The van der Waals surface area contributed by atoms with Crippen LogP contribution in [0.15, 0.2) is 36.4 Å². The van der Waals surface area contributed by atoms with Crippen LogP contribution in [-0.4, -0.2) is 41.4 Å². The predicted octanol–water partition coefficient (Wildman–Crippen LogP) is 3.32. The van der Waals surface area contributed by atoms with Crippen molar-refractivity contribution in [2.45, 2.75) is 62.6 Å². The number of nitrogens with zero attached hydrogens (tertiary/aromatic N) is 1. The van der Waals surface area contributed by atoms with Crippen LogP contribution in [0.4, 0.5) is 0 Å². The van der Waals surface area contributed by atoms with Crippen molar-refractivity contribution in [1.82, 2.24) is 4.90 Å². The van der Waals surface area contributed by atoms with E-state index in [4.69, 9.17) is 14.2 Å². The first kappa shape index (κ1) is 19.0. The van der Waals surface area contributed by atoms with Crippen LogP contribution in [0.25, 0.3) is 0 Å². The highest BCUT2D eigenvalue weighted by Gasteiger charge is 2.50. The van der Waals surface area contributed by atoms with Crippen molar-refractivity contribution in [2.24, 2.45) is 0 Å². The largest absolute Gasteiger partial charge is 0.493 e. The van der Waals surface area contributed by atoms with Crippen LogP contribution in [0.1, 0.15) is 48.8 Å². The number of carbonyl (C=O) groups is 1. The predicted molar refractivity (Wildman–Crippen MR) is 113 cm³/mol. The maximum Gasteiger partial charge on any atom is 0.231 e. The van der Waals surface area contributed by atoms with Crippen LogP contribution in [0.3, 0.4) is 0 Å². The summed E-state index contributed by atoms with van der Waals surface area (Å²) in [7, 11) is 0. The third kappa shape index (κ3) is 3.24. The second-order valence-corrected chi connectivity index (χ2v) is 9.26. The fraction of sp³-hybridized carbons (Fsp3) is 0.480. The van der Waals surface area contributed by atoms with Crippen LogP contribution in [0.2, 0.25) is 0 Å². The Morgan fingerprint density at radius 1 is 1.00 bits per heavy atom. The Hall–Kier alpha value is -2.73. The molecule has 162 valence electrons. The van der Waals surface area contributed by atoms with Crippen LogP contribution in [-0.2, 0) is 23.2 Å². The highest BCUT2D eigenvalue weighted by molar-refractivity contribution is 5.80. The number of rotatable bonds is 3.